The predicted octanol–water partition coefficient (Wildman–Crippen LogP) is 3.62. The number of aryl methyl sites for hydroxylation is 1. The molecular weight excluding hydrogens is 460 g/mol. The third-order valence-corrected chi connectivity index (χ3v) is 7.98. The molecule has 0 saturated heterocycles. The Bertz CT molecular complexity index is 1490. The van der Waals surface area contributed by atoms with Crippen LogP contribution >= 0.6 is 11.3 Å². The Labute approximate surface area is 194 Å². The lowest BCUT2D eigenvalue weighted by Crippen LogP contribution is -2.41. The van der Waals surface area contributed by atoms with Crippen LogP contribution in [-0.4, -0.2) is 35.6 Å². The van der Waals surface area contributed by atoms with Crippen LogP contribution in [0.25, 0.3) is 10.9 Å². The van der Waals surface area contributed by atoms with E-state index in [1.807, 2.05) is 31.2 Å². The van der Waals surface area contributed by atoms with Gasteiger partial charge in [-0.05, 0) is 48.9 Å². The molecule has 0 aliphatic heterocycles. The molecule has 0 radical (unpaired) electrons. The SMILES string of the molecule is Cc1ccc(C#Cc2ccc(S(=O)(=O)NC(Cc3c[nH]c4cccc(O)c34)C(=O)O)s2)cc1. The highest BCUT2D eigenvalue weighted by atomic mass is 32.2. The predicted molar refractivity (Wildman–Crippen MR) is 127 cm³/mol. The molecule has 168 valence electrons. The number of nitrogens with one attached hydrogen (secondary N) is 2. The molecule has 0 saturated carbocycles. The maximum absolute atomic E-state index is 12.9. The van der Waals surface area contributed by atoms with Gasteiger partial charge in [0.05, 0.1) is 4.88 Å². The number of aromatic amines is 1. The van der Waals surface area contributed by atoms with Crippen LogP contribution in [0.15, 0.2) is 65.0 Å². The van der Waals surface area contributed by atoms with Crippen molar-refractivity contribution in [3.8, 4) is 17.6 Å². The minimum Gasteiger partial charge on any atom is -0.507 e. The number of hydrogen-bond donors (Lipinski definition) is 4. The van der Waals surface area contributed by atoms with Gasteiger partial charge in [-0.25, -0.2) is 8.42 Å². The molecule has 4 rings (SSSR count). The van der Waals surface area contributed by atoms with Crippen molar-refractivity contribution < 1.29 is 23.4 Å². The van der Waals surface area contributed by atoms with Crippen molar-refractivity contribution in [1.29, 1.82) is 0 Å². The number of carboxylic acids is 1. The standard InChI is InChI=1S/C24H20N2O5S2/c1-15-5-7-16(8-6-15)9-10-18-11-12-22(32-18)33(30,31)26-20(24(28)29)13-17-14-25-19-3-2-4-21(27)23(17)19/h2-8,11-12,14,20,25-27H,13H2,1H3,(H,28,29). The van der Waals surface area contributed by atoms with E-state index in [-0.39, 0.29) is 16.4 Å². The average Bonchev–Trinajstić information content (AvgIpc) is 3.41. The number of phenolic OH excluding ortho intramolecular Hbond substituents is 1. The van der Waals surface area contributed by atoms with E-state index in [0.717, 1.165) is 22.5 Å². The van der Waals surface area contributed by atoms with Crippen molar-refractivity contribution in [2.24, 2.45) is 0 Å². The average molecular weight is 481 g/mol. The summed E-state index contributed by atoms with van der Waals surface area (Å²) >= 11 is 0.966. The van der Waals surface area contributed by atoms with E-state index in [2.05, 4.69) is 21.5 Å². The third kappa shape index (κ3) is 5.09. The number of carbonyl (C=O) groups is 1. The second-order valence-corrected chi connectivity index (χ2v) is 10.5. The van der Waals surface area contributed by atoms with E-state index in [9.17, 15) is 23.4 Å². The molecule has 33 heavy (non-hydrogen) atoms. The van der Waals surface area contributed by atoms with Crippen LogP contribution in [-0.2, 0) is 21.2 Å². The molecule has 0 aliphatic rings. The highest BCUT2D eigenvalue weighted by molar-refractivity contribution is 7.91. The highest BCUT2D eigenvalue weighted by Gasteiger charge is 2.28. The summed E-state index contributed by atoms with van der Waals surface area (Å²) in [6, 6.07) is 14.1. The van der Waals surface area contributed by atoms with Gasteiger partial charge in [0.25, 0.3) is 10.0 Å². The van der Waals surface area contributed by atoms with Crippen molar-refractivity contribution in [2.75, 3.05) is 0 Å². The minimum atomic E-state index is -4.09. The summed E-state index contributed by atoms with van der Waals surface area (Å²) < 4.78 is 28.0. The Morgan fingerprint density at radius 2 is 1.88 bits per heavy atom. The number of hydrogen-bond acceptors (Lipinski definition) is 5. The lowest BCUT2D eigenvalue weighted by molar-refractivity contribution is -0.138. The fourth-order valence-corrected chi connectivity index (χ4v) is 5.71. The second kappa shape index (κ2) is 9.11. The Balaban J connectivity index is 1.54. The molecule has 4 aromatic rings. The number of phenols is 1. The smallest absolute Gasteiger partial charge is 0.322 e. The van der Waals surface area contributed by atoms with Crippen molar-refractivity contribution in [3.63, 3.8) is 0 Å². The molecule has 0 fully saturated rings. The zero-order valence-corrected chi connectivity index (χ0v) is 19.1. The number of sulfonamides is 1. The van der Waals surface area contributed by atoms with E-state index in [1.165, 1.54) is 12.1 Å². The Hall–Kier alpha value is -3.58. The molecule has 4 N–H and O–H groups in total. The van der Waals surface area contributed by atoms with Crippen LogP contribution in [0.5, 0.6) is 5.75 Å². The minimum absolute atomic E-state index is 0.00852. The summed E-state index contributed by atoms with van der Waals surface area (Å²) in [6.45, 7) is 1.98. The Morgan fingerprint density at radius 1 is 1.12 bits per heavy atom. The molecule has 1 unspecified atom stereocenters. The molecule has 2 aromatic heterocycles. The van der Waals surface area contributed by atoms with E-state index in [0.29, 0.717) is 21.3 Å². The first-order chi connectivity index (χ1) is 15.7. The molecule has 0 spiro atoms. The van der Waals surface area contributed by atoms with Gasteiger partial charge in [0.15, 0.2) is 0 Å². The van der Waals surface area contributed by atoms with Crippen LogP contribution in [0.1, 0.15) is 21.6 Å². The molecule has 2 aromatic carbocycles. The number of aromatic nitrogens is 1. The van der Waals surface area contributed by atoms with Crippen molar-refractivity contribution in [2.45, 2.75) is 23.6 Å². The maximum Gasteiger partial charge on any atom is 0.322 e. The van der Waals surface area contributed by atoms with Crippen LogP contribution in [0.3, 0.4) is 0 Å². The zero-order chi connectivity index (χ0) is 23.6. The monoisotopic (exact) mass is 480 g/mol. The normalized spacial score (nSPS) is 12.3. The first-order valence-corrected chi connectivity index (χ1v) is 12.2. The number of thiophene rings is 1. The van der Waals surface area contributed by atoms with E-state index in [4.69, 9.17) is 0 Å². The maximum atomic E-state index is 12.9. The van der Waals surface area contributed by atoms with Gasteiger partial charge in [-0.1, -0.05) is 35.6 Å². The quantitative estimate of drug-likeness (QED) is 0.314. The van der Waals surface area contributed by atoms with Crippen molar-refractivity contribution in [3.05, 3.63) is 82.4 Å². The first-order valence-electron chi connectivity index (χ1n) is 9.94. The van der Waals surface area contributed by atoms with Crippen LogP contribution in [0.4, 0.5) is 0 Å². The Kier molecular flexibility index (Phi) is 6.24. The van der Waals surface area contributed by atoms with Crippen LogP contribution in [0, 0.1) is 18.8 Å². The summed E-state index contributed by atoms with van der Waals surface area (Å²) in [7, 11) is -4.09. The third-order valence-electron chi connectivity index (χ3n) is 5.01. The van der Waals surface area contributed by atoms with Gasteiger partial charge in [0.2, 0.25) is 0 Å². The van der Waals surface area contributed by atoms with Gasteiger partial charge in [-0.15, -0.1) is 11.3 Å². The van der Waals surface area contributed by atoms with Gasteiger partial charge >= 0.3 is 5.97 Å². The molecule has 9 heteroatoms. The van der Waals surface area contributed by atoms with Gasteiger partial charge in [-0.2, -0.15) is 4.72 Å². The topological polar surface area (TPSA) is 119 Å². The summed E-state index contributed by atoms with van der Waals surface area (Å²) in [5, 5.41) is 20.2. The van der Waals surface area contributed by atoms with E-state index >= 15 is 0 Å². The molecule has 0 amide bonds. The van der Waals surface area contributed by atoms with Gasteiger partial charge in [-0.3, -0.25) is 4.79 Å². The number of carboxylic acid groups (broad SMARTS) is 1. The van der Waals surface area contributed by atoms with Crippen molar-refractivity contribution >= 4 is 38.2 Å². The summed E-state index contributed by atoms with van der Waals surface area (Å²) in [5.41, 5.74) is 3.05. The number of rotatable bonds is 6. The number of fused-ring (bicyclic) bond motifs is 1. The zero-order valence-electron chi connectivity index (χ0n) is 17.5. The number of aliphatic carboxylic acids is 1. The number of H-pyrrole nitrogens is 1. The van der Waals surface area contributed by atoms with E-state index in [1.54, 1.807) is 24.4 Å². The van der Waals surface area contributed by atoms with Gasteiger partial charge in [0.1, 0.15) is 16.0 Å². The fourth-order valence-electron chi connectivity index (χ4n) is 3.34. The Morgan fingerprint density at radius 3 is 2.61 bits per heavy atom. The fraction of sp³-hybridized carbons (Fsp3) is 0.125. The molecule has 0 bridgehead atoms. The first kappa shape index (κ1) is 22.6. The second-order valence-electron chi connectivity index (χ2n) is 7.46. The molecule has 1 atom stereocenters. The number of benzene rings is 2. The lowest BCUT2D eigenvalue weighted by Gasteiger charge is -2.14. The highest BCUT2D eigenvalue weighted by Crippen LogP contribution is 2.29. The summed E-state index contributed by atoms with van der Waals surface area (Å²) in [6.07, 6.45) is 1.43. The number of aromatic hydroxyl groups is 1. The molecular formula is C24H20N2O5S2. The van der Waals surface area contributed by atoms with Gasteiger partial charge in [0, 0.05) is 29.1 Å². The molecule has 7 nitrogen and oxygen atoms in total. The van der Waals surface area contributed by atoms with Crippen LogP contribution < -0.4 is 4.72 Å². The van der Waals surface area contributed by atoms with Crippen molar-refractivity contribution in [1.82, 2.24) is 9.71 Å². The van der Waals surface area contributed by atoms with Gasteiger partial charge < -0.3 is 15.2 Å². The molecule has 0 aliphatic carbocycles. The van der Waals surface area contributed by atoms with Crippen LogP contribution in [0.2, 0.25) is 0 Å². The molecule has 2 heterocycles. The largest absolute Gasteiger partial charge is 0.507 e. The summed E-state index contributed by atoms with van der Waals surface area (Å²) in [4.78, 5) is 15.3. The summed E-state index contributed by atoms with van der Waals surface area (Å²) in [5.74, 6) is 4.60. The van der Waals surface area contributed by atoms with E-state index < -0.39 is 22.0 Å². The lowest BCUT2D eigenvalue weighted by atomic mass is 10.1.